The number of nitrogens with two attached hydrogens (primary N) is 1. The predicted octanol–water partition coefficient (Wildman–Crippen LogP) is 1.05. The average molecular weight is 265 g/mol. The molecule has 1 aromatic rings. The smallest absolute Gasteiger partial charge is 0.144 e. The fraction of sp³-hybridized carbons (Fsp3) is 0.571. The van der Waals surface area contributed by atoms with Crippen LogP contribution in [-0.4, -0.2) is 58.5 Å². The molecule has 5 nitrogen and oxygen atoms in total. The second kappa shape index (κ2) is 6.63. The Morgan fingerprint density at radius 3 is 2.58 bits per heavy atom. The minimum absolute atomic E-state index is 0.521. The van der Waals surface area contributed by atoms with E-state index >= 15 is 0 Å². The van der Waals surface area contributed by atoms with Crippen LogP contribution in [0.3, 0.4) is 0 Å². The minimum atomic E-state index is 0.521. The van der Waals surface area contributed by atoms with Gasteiger partial charge in [-0.15, -0.1) is 0 Å². The summed E-state index contributed by atoms with van der Waals surface area (Å²) in [7, 11) is 3.81. The normalized spacial score (nSPS) is 16.6. The zero-order valence-corrected chi connectivity index (χ0v) is 11.8. The molecule has 1 heterocycles. The highest BCUT2D eigenvalue weighted by Crippen LogP contribution is 2.28. The summed E-state index contributed by atoms with van der Waals surface area (Å²) in [6, 6.07) is 6.00. The molecule has 2 N–H and O–H groups in total. The van der Waals surface area contributed by atoms with Crippen molar-refractivity contribution in [3.63, 3.8) is 0 Å². The van der Waals surface area contributed by atoms with Crippen LogP contribution in [0.15, 0.2) is 18.2 Å². The van der Waals surface area contributed by atoms with E-state index in [2.05, 4.69) is 22.9 Å². The lowest BCUT2D eigenvalue weighted by atomic mass is 10.2. The van der Waals surface area contributed by atoms with E-state index < -0.39 is 0 Å². The standard InChI is InChI=1S/C14H23N3O2/c1-16-5-7-17(8-6-16)12-3-4-13(15)14(11-12)19-10-9-18-2/h3-4,11H,5-10,15H2,1-2H3. The molecule has 1 fully saturated rings. The third-order valence-corrected chi connectivity index (χ3v) is 3.41. The number of rotatable bonds is 5. The number of hydrogen-bond acceptors (Lipinski definition) is 5. The Balaban J connectivity index is 2.03. The van der Waals surface area contributed by atoms with E-state index in [9.17, 15) is 0 Å². The summed E-state index contributed by atoms with van der Waals surface area (Å²) in [4.78, 5) is 4.70. The monoisotopic (exact) mass is 265 g/mol. The summed E-state index contributed by atoms with van der Waals surface area (Å²) in [6.07, 6.45) is 0. The maximum atomic E-state index is 5.93. The summed E-state index contributed by atoms with van der Waals surface area (Å²) < 4.78 is 10.6. The fourth-order valence-electron chi connectivity index (χ4n) is 2.14. The summed E-state index contributed by atoms with van der Waals surface area (Å²) in [5.74, 6) is 0.744. The molecule has 1 aliphatic rings. The average Bonchev–Trinajstić information content (AvgIpc) is 2.42. The van der Waals surface area contributed by atoms with Crippen molar-refractivity contribution in [3.8, 4) is 5.75 Å². The van der Waals surface area contributed by atoms with Crippen molar-refractivity contribution in [1.82, 2.24) is 4.90 Å². The first-order chi connectivity index (χ1) is 9.20. The van der Waals surface area contributed by atoms with Crippen LogP contribution in [0.4, 0.5) is 11.4 Å². The molecule has 1 aliphatic heterocycles. The number of nitrogen functional groups attached to an aromatic ring is 1. The van der Waals surface area contributed by atoms with E-state index in [0.29, 0.717) is 18.9 Å². The van der Waals surface area contributed by atoms with Crippen LogP contribution in [0.2, 0.25) is 0 Å². The van der Waals surface area contributed by atoms with Crippen molar-refractivity contribution in [2.75, 3.05) is 64.2 Å². The lowest BCUT2D eigenvalue weighted by molar-refractivity contribution is 0.146. The van der Waals surface area contributed by atoms with E-state index in [0.717, 1.165) is 31.9 Å². The molecule has 0 amide bonds. The Morgan fingerprint density at radius 2 is 1.89 bits per heavy atom. The number of nitrogens with zero attached hydrogens (tertiary/aromatic N) is 2. The van der Waals surface area contributed by atoms with Crippen molar-refractivity contribution in [3.05, 3.63) is 18.2 Å². The molecule has 106 valence electrons. The molecule has 1 aromatic carbocycles. The summed E-state index contributed by atoms with van der Waals surface area (Å²) in [5.41, 5.74) is 7.78. The van der Waals surface area contributed by atoms with Crippen molar-refractivity contribution >= 4 is 11.4 Å². The van der Waals surface area contributed by atoms with Gasteiger partial charge in [0.1, 0.15) is 12.4 Å². The van der Waals surface area contributed by atoms with Crippen LogP contribution in [-0.2, 0) is 4.74 Å². The van der Waals surface area contributed by atoms with Gasteiger partial charge < -0.3 is 25.0 Å². The highest BCUT2D eigenvalue weighted by Gasteiger charge is 2.15. The van der Waals surface area contributed by atoms with Gasteiger partial charge in [0.2, 0.25) is 0 Å². The molecule has 0 aromatic heterocycles. The van der Waals surface area contributed by atoms with E-state index in [1.807, 2.05) is 12.1 Å². The van der Waals surface area contributed by atoms with Gasteiger partial charge in [-0.2, -0.15) is 0 Å². The molecule has 0 bridgehead atoms. The molecule has 19 heavy (non-hydrogen) atoms. The molecule has 0 radical (unpaired) electrons. The first kappa shape index (κ1) is 14.0. The van der Waals surface area contributed by atoms with E-state index in [4.69, 9.17) is 15.2 Å². The topological polar surface area (TPSA) is 51.0 Å². The highest BCUT2D eigenvalue weighted by molar-refractivity contribution is 5.62. The van der Waals surface area contributed by atoms with Crippen LogP contribution in [0.5, 0.6) is 5.75 Å². The van der Waals surface area contributed by atoms with E-state index in [-0.39, 0.29) is 0 Å². The van der Waals surface area contributed by atoms with E-state index in [1.54, 1.807) is 7.11 Å². The van der Waals surface area contributed by atoms with Gasteiger partial charge in [-0.25, -0.2) is 0 Å². The SMILES string of the molecule is COCCOc1cc(N2CCN(C)CC2)ccc1N. The highest BCUT2D eigenvalue weighted by atomic mass is 16.5. The van der Waals surface area contributed by atoms with Crippen molar-refractivity contribution in [2.45, 2.75) is 0 Å². The Hall–Kier alpha value is -1.46. The molecule has 0 aliphatic carbocycles. The summed E-state index contributed by atoms with van der Waals surface area (Å²) in [5, 5.41) is 0. The van der Waals surface area contributed by atoms with Gasteiger partial charge in [-0.1, -0.05) is 0 Å². The third-order valence-electron chi connectivity index (χ3n) is 3.41. The summed E-state index contributed by atoms with van der Waals surface area (Å²) >= 11 is 0. The largest absolute Gasteiger partial charge is 0.489 e. The number of methoxy groups -OCH3 is 1. The molecule has 0 saturated carbocycles. The number of hydrogen-bond donors (Lipinski definition) is 1. The number of benzene rings is 1. The second-order valence-corrected chi connectivity index (χ2v) is 4.85. The second-order valence-electron chi connectivity index (χ2n) is 4.85. The fourth-order valence-corrected chi connectivity index (χ4v) is 2.14. The van der Waals surface area contributed by atoms with Crippen molar-refractivity contribution in [1.29, 1.82) is 0 Å². The van der Waals surface area contributed by atoms with Crippen LogP contribution in [0.25, 0.3) is 0 Å². The zero-order chi connectivity index (χ0) is 13.7. The molecule has 0 atom stereocenters. The predicted molar refractivity (Wildman–Crippen MR) is 77.9 cm³/mol. The lowest BCUT2D eigenvalue weighted by Gasteiger charge is -2.34. The van der Waals surface area contributed by atoms with Gasteiger partial charge in [0, 0.05) is 45.0 Å². The Morgan fingerprint density at radius 1 is 1.16 bits per heavy atom. The van der Waals surface area contributed by atoms with Crippen molar-refractivity contribution in [2.24, 2.45) is 0 Å². The number of ether oxygens (including phenoxy) is 2. The van der Waals surface area contributed by atoms with Gasteiger partial charge in [0.15, 0.2) is 0 Å². The minimum Gasteiger partial charge on any atom is -0.489 e. The van der Waals surface area contributed by atoms with Gasteiger partial charge in [-0.05, 0) is 19.2 Å². The quantitative estimate of drug-likeness (QED) is 0.637. The molecule has 0 spiro atoms. The van der Waals surface area contributed by atoms with Crippen molar-refractivity contribution < 1.29 is 9.47 Å². The Labute approximate surface area is 114 Å². The molecule has 1 saturated heterocycles. The van der Waals surface area contributed by atoms with Crippen LogP contribution in [0.1, 0.15) is 0 Å². The van der Waals surface area contributed by atoms with E-state index in [1.165, 1.54) is 5.69 Å². The number of likely N-dealkylation sites (N-methyl/N-ethyl adjacent to an activating group) is 1. The van der Waals surface area contributed by atoms with Crippen LogP contribution in [0, 0.1) is 0 Å². The first-order valence-corrected chi connectivity index (χ1v) is 6.65. The molecule has 2 rings (SSSR count). The van der Waals surface area contributed by atoms with Crippen LogP contribution < -0.4 is 15.4 Å². The Kier molecular flexibility index (Phi) is 4.87. The zero-order valence-electron chi connectivity index (χ0n) is 11.8. The maximum Gasteiger partial charge on any atom is 0.144 e. The van der Waals surface area contributed by atoms with Gasteiger partial charge in [0.25, 0.3) is 0 Å². The lowest BCUT2D eigenvalue weighted by Crippen LogP contribution is -2.44. The molecule has 0 unspecified atom stereocenters. The number of piperazine rings is 1. The Bertz CT molecular complexity index is 404. The van der Waals surface area contributed by atoms with Gasteiger partial charge in [0.05, 0.1) is 12.3 Å². The third kappa shape index (κ3) is 3.75. The molecular weight excluding hydrogens is 242 g/mol. The first-order valence-electron chi connectivity index (χ1n) is 6.65. The van der Waals surface area contributed by atoms with Gasteiger partial charge in [-0.3, -0.25) is 0 Å². The van der Waals surface area contributed by atoms with Crippen LogP contribution >= 0.6 is 0 Å². The summed E-state index contributed by atoms with van der Waals surface area (Å²) in [6.45, 7) is 5.34. The molecular formula is C14H23N3O2. The number of anilines is 2. The maximum absolute atomic E-state index is 5.93. The molecule has 5 heteroatoms. The van der Waals surface area contributed by atoms with Gasteiger partial charge >= 0.3 is 0 Å².